The summed E-state index contributed by atoms with van der Waals surface area (Å²) in [5, 5.41) is 26.6. The molecule has 4 bridgehead atoms. The van der Waals surface area contributed by atoms with Gasteiger partial charge in [-0.2, -0.15) is 5.10 Å². The number of carboxylic acid groups (broad SMARTS) is 1. The Labute approximate surface area is 335 Å². The number of fused-ring (bicyclic) bond motifs is 1. The number of amides is 1. The first-order valence-electron chi connectivity index (χ1n) is 19.3. The Hall–Kier alpha value is -5.07. The van der Waals surface area contributed by atoms with Crippen LogP contribution in [-0.4, -0.2) is 98.2 Å². The van der Waals surface area contributed by atoms with Gasteiger partial charge in [-0.1, -0.05) is 11.3 Å². The summed E-state index contributed by atoms with van der Waals surface area (Å²) in [5.74, 6) is 1.46. The van der Waals surface area contributed by atoms with Gasteiger partial charge in [0.15, 0.2) is 16.8 Å². The molecular weight excluding hydrogens is 767 g/mol. The number of sulfonamides is 1. The molecule has 5 heterocycles. The number of hydrogen-bond donors (Lipinski definition) is 3. The molecule has 4 saturated carbocycles. The van der Waals surface area contributed by atoms with Gasteiger partial charge in [0.2, 0.25) is 10.0 Å². The maximum atomic E-state index is 14.0. The molecule has 4 aliphatic carbocycles. The molecule has 0 spiro atoms. The number of aryl methyl sites for hydroxylation is 1. The Morgan fingerprint density at radius 2 is 1.74 bits per heavy atom. The highest BCUT2D eigenvalue weighted by Gasteiger charge is 2.51. The SMILES string of the molecule is Cc1cc(N(C)c2ccc(-c3cnn(CC45CC6CC(CC(C6)C4)C5)c3C)c(C(=O)NS(=O)(=O)CCCN(C)CC(=O)O)n2)nnc1Nc1nc2cccnc2s1. The fraction of sp³-hybridized carbons (Fsp3) is 0.487. The number of aromatic nitrogens is 7. The quantitative estimate of drug-likeness (QED) is 0.119. The molecule has 18 heteroatoms. The third kappa shape index (κ3) is 8.34. The van der Waals surface area contributed by atoms with Gasteiger partial charge < -0.3 is 15.3 Å². The number of thiazole rings is 1. The van der Waals surface area contributed by atoms with Crippen molar-refractivity contribution in [3.8, 4) is 11.1 Å². The summed E-state index contributed by atoms with van der Waals surface area (Å²) in [5.41, 5.74) is 3.78. The molecule has 0 aliphatic heterocycles. The molecule has 1 amide bonds. The maximum absolute atomic E-state index is 14.0. The fourth-order valence-electron chi connectivity index (χ4n) is 9.57. The summed E-state index contributed by atoms with van der Waals surface area (Å²) in [6.07, 6.45) is 11.3. The lowest BCUT2D eigenvalue weighted by molar-refractivity contribution is -0.137. The monoisotopic (exact) mass is 813 g/mol. The lowest BCUT2D eigenvalue weighted by atomic mass is 9.49. The molecule has 5 aromatic heterocycles. The van der Waals surface area contributed by atoms with Crippen LogP contribution >= 0.6 is 11.3 Å². The van der Waals surface area contributed by atoms with Crippen LogP contribution in [0.2, 0.25) is 0 Å². The van der Waals surface area contributed by atoms with Crippen molar-refractivity contribution in [2.75, 3.05) is 43.2 Å². The molecule has 3 N–H and O–H groups in total. The highest BCUT2D eigenvalue weighted by atomic mass is 32.2. The molecule has 300 valence electrons. The van der Waals surface area contributed by atoms with Crippen LogP contribution in [-0.2, 0) is 21.4 Å². The van der Waals surface area contributed by atoms with E-state index in [1.165, 1.54) is 54.8 Å². The largest absolute Gasteiger partial charge is 0.480 e. The number of nitrogens with zero attached hydrogens (tertiary/aromatic N) is 9. The molecule has 0 radical (unpaired) electrons. The summed E-state index contributed by atoms with van der Waals surface area (Å²) in [6.45, 7) is 4.71. The van der Waals surface area contributed by atoms with Crippen LogP contribution in [0, 0.1) is 37.0 Å². The molecule has 5 aromatic rings. The van der Waals surface area contributed by atoms with Gasteiger partial charge >= 0.3 is 5.97 Å². The number of pyridine rings is 2. The molecule has 16 nitrogen and oxygen atoms in total. The van der Waals surface area contributed by atoms with Gasteiger partial charge in [-0.05, 0) is 131 Å². The maximum Gasteiger partial charge on any atom is 0.317 e. The van der Waals surface area contributed by atoms with E-state index >= 15 is 0 Å². The van der Waals surface area contributed by atoms with Crippen molar-refractivity contribution in [3.63, 3.8) is 0 Å². The lowest BCUT2D eigenvalue weighted by Gasteiger charge is -2.56. The van der Waals surface area contributed by atoms with Crippen LogP contribution < -0.4 is 14.9 Å². The minimum absolute atomic E-state index is 0.0733. The second kappa shape index (κ2) is 15.4. The van der Waals surface area contributed by atoms with E-state index in [9.17, 15) is 18.0 Å². The Morgan fingerprint density at radius 1 is 1.00 bits per heavy atom. The first kappa shape index (κ1) is 38.8. The van der Waals surface area contributed by atoms with Crippen molar-refractivity contribution < 1.29 is 23.1 Å². The Balaban J connectivity index is 1.06. The molecular formula is C39H47N11O5S2. The number of aliphatic carboxylic acids is 1. The zero-order valence-electron chi connectivity index (χ0n) is 32.5. The minimum atomic E-state index is -4.10. The van der Waals surface area contributed by atoms with E-state index in [4.69, 9.17) is 15.2 Å². The topological polar surface area (TPSA) is 201 Å². The Kier molecular flexibility index (Phi) is 10.4. The zero-order valence-corrected chi connectivity index (χ0v) is 34.1. The van der Waals surface area contributed by atoms with Crippen molar-refractivity contribution in [2.24, 2.45) is 23.2 Å². The summed E-state index contributed by atoms with van der Waals surface area (Å²) < 4.78 is 30.7. The van der Waals surface area contributed by atoms with Crippen LogP contribution in [0.3, 0.4) is 0 Å². The van der Waals surface area contributed by atoms with Gasteiger partial charge in [-0.3, -0.25) is 19.2 Å². The molecule has 4 aliphatic rings. The van der Waals surface area contributed by atoms with Gasteiger partial charge in [-0.15, -0.1) is 10.2 Å². The smallest absolute Gasteiger partial charge is 0.317 e. The molecule has 0 unspecified atom stereocenters. The average Bonchev–Trinajstić information content (AvgIpc) is 3.72. The summed E-state index contributed by atoms with van der Waals surface area (Å²) in [4.78, 5) is 42.8. The van der Waals surface area contributed by atoms with Crippen molar-refractivity contribution in [2.45, 2.75) is 65.3 Å². The van der Waals surface area contributed by atoms with E-state index in [1.807, 2.05) is 32.0 Å². The lowest BCUT2D eigenvalue weighted by Crippen LogP contribution is -2.48. The predicted molar refractivity (Wildman–Crippen MR) is 217 cm³/mol. The standard InChI is InChI=1S/C39H47N11O5S2/c1-23-13-32(45-46-35(23)44-38-42-30-7-5-10-40-37(30)56-38)49(4)31-9-8-28(34(43-31)36(53)47-57(54,55)12-6-11-48(3)21-33(51)52)29-20-41-50(24(29)2)22-39-17-25-14-26(18-39)16-27(15-25)19-39/h5,7-10,13,20,25-27H,6,11-12,14-19,21-22H2,1-4H3,(H,47,53)(H,51,52)(H,42,44,46). The van der Waals surface area contributed by atoms with Crippen LogP contribution in [0.4, 0.5) is 22.6 Å². The van der Waals surface area contributed by atoms with Crippen LogP contribution in [0.15, 0.2) is 42.7 Å². The van der Waals surface area contributed by atoms with Crippen molar-refractivity contribution in [1.82, 2.24) is 44.6 Å². The van der Waals surface area contributed by atoms with Crippen LogP contribution in [0.5, 0.6) is 0 Å². The van der Waals surface area contributed by atoms with E-state index < -0.39 is 21.9 Å². The average molecular weight is 814 g/mol. The van der Waals surface area contributed by atoms with Gasteiger partial charge in [0, 0.05) is 36.6 Å². The predicted octanol–water partition coefficient (Wildman–Crippen LogP) is 5.55. The van der Waals surface area contributed by atoms with Gasteiger partial charge in [0.1, 0.15) is 21.9 Å². The first-order valence-corrected chi connectivity index (χ1v) is 21.8. The highest BCUT2D eigenvalue weighted by Crippen LogP contribution is 2.60. The third-order valence-corrected chi connectivity index (χ3v) is 14.0. The Morgan fingerprint density at radius 3 is 2.42 bits per heavy atom. The third-order valence-electron chi connectivity index (χ3n) is 11.8. The zero-order chi connectivity index (χ0) is 40.1. The number of nitrogens with one attached hydrogen (secondary N) is 2. The van der Waals surface area contributed by atoms with E-state index in [2.05, 4.69) is 34.9 Å². The second-order valence-corrected chi connectivity index (χ2v) is 19.1. The number of rotatable bonds is 15. The summed E-state index contributed by atoms with van der Waals surface area (Å²) in [6, 6.07) is 9.11. The van der Waals surface area contributed by atoms with Crippen LogP contribution in [0.1, 0.15) is 66.7 Å². The molecule has 9 rings (SSSR count). The number of anilines is 4. The summed E-state index contributed by atoms with van der Waals surface area (Å²) >= 11 is 1.41. The number of hydrogen-bond acceptors (Lipinski definition) is 14. The number of carboxylic acids is 1. The summed E-state index contributed by atoms with van der Waals surface area (Å²) in [7, 11) is -0.758. The van der Waals surface area contributed by atoms with Gasteiger partial charge in [0.25, 0.3) is 5.91 Å². The minimum Gasteiger partial charge on any atom is -0.480 e. The second-order valence-electron chi connectivity index (χ2n) is 16.3. The number of carbonyl (C=O) groups excluding carboxylic acids is 1. The van der Waals surface area contributed by atoms with E-state index in [0.717, 1.165) is 45.9 Å². The normalized spacial score (nSPS) is 21.3. The van der Waals surface area contributed by atoms with Gasteiger partial charge in [-0.25, -0.2) is 28.1 Å². The van der Waals surface area contributed by atoms with E-state index in [1.54, 1.807) is 43.5 Å². The number of carbonyl (C=O) groups is 2. The van der Waals surface area contributed by atoms with E-state index in [-0.39, 0.29) is 36.4 Å². The molecule has 57 heavy (non-hydrogen) atoms. The number of likely N-dealkylation sites (N-methyl/N-ethyl adjacent to an activating group) is 1. The van der Waals surface area contributed by atoms with Crippen LogP contribution in [0.25, 0.3) is 21.5 Å². The van der Waals surface area contributed by atoms with E-state index in [0.29, 0.717) is 33.7 Å². The van der Waals surface area contributed by atoms with Crippen molar-refractivity contribution in [3.05, 3.63) is 59.7 Å². The molecule has 0 saturated heterocycles. The van der Waals surface area contributed by atoms with Crippen molar-refractivity contribution in [1.29, 1.82) is 0 Å². The molecule has 0 aromatic carbocycles. The Bertz CT molecular complexity index is 2380. The fourth-order valence-corrected chi connectivity index (χ4v) is 11.4. The molecule has 0 atom stereocenters. The van der Waals surface area contributed by atoms with Gasteiger partial charge in [0.05, 0.1) is 18.5 Å². The molecule has 4 fully saturated rings. The van der Waals surface area contributed by atoms with Crippen molar-refractivity contribution >= 4 is 66.2 Å². The first-order chi connectivity index (χ1) is 27.2. The highest BCUT2D eigenvalue weighted by molar-refractivity contribution is 7.90.